The molecule has 2 aromatic carbocycles. The Morgan fingerprint density at radius 2 is 1.65 bits per heavy atom. The zero-order valence-corrected chi connectivity index (χ0v) is 11.6. The minimum absolute atomic E-state index is 0.754. The maximum absolute atomic E-state index is 6.04. The molecule has 0 fully saturated rings. The van der Waals surface area contributed by atoms with Crippen molar-refractivity contribution in [3.63, 3.8) is 0 Å². The van der Waals surface area contributed by atoms with Crippen LogP contribution in [0.2, 0.25) is 5.02 Å². The summed E-state index contributed by atoms with van der Waals surface area (Å²) < 4.78 is 0.936. The van der Waals surface area contributed by atoms with Crippen LogP contribution in [-0.4, -0.2) is 0 Å². The molecule has 0 aliphatic rings. The van der Waals surface area contributed by atoms with Crippen molar-refractivity contribution in [2.45, 2.75) is 13.1 Å². The zero-order valence-electron chi connectivity index (χ0n) is 9.29. The van der Waals surface area contributed by atoms with E-state index in [0.29, 0.717) is 0 Å². The van der Waals surface area contributed by atoms with Crippen molar-refractivity contribution in [2.24, 2.45) is 0 Å². The summed E-state index contributed by atoms with van der Waals surface area (Å²) in [5, 5.41) is 4.14. The van der Waals surface area contributed by atoms with Crippen LogP contribution in [-0.2, 0) is 13.1 Å². The second-order valence-corrected chi connectivity index (χ2v) is 5.10. The molecule has 2 rings (SSSR count). The van der Waals surface area contributed by atoms with Gasteiger partial charge in [-0.3, -0.25) is 0 Å². The Bertz CT molecular complexity index is 485. The standard InChI is InChI=1S/C14H13BrClN/c15-13-7-6-12(8-14(13)16)10-17-9-11-4-2-1-3-5-11/h1-8,17H,9-10H2. The topological polar surface area (TPSA) is 12.0 Å². The summed E-state index contributed by atoms with van der Waals surface area (Å²) >= 11 is 9.42. The van der Waals surface area contributed by atoms with Gasteiger partial charge in [0.25, 0.3) is 0 Å². The molecule has 1 nitrogen and oxygen atoms in total. The summed E-state index contributed by atoms with van der Waals surface area (Å²) in [5.41, 5.74) is 2.48. The lowest BCUT2D eigenvalue weighted by Gasteiger charge is -2.06. The highest BCUT2D eigenvalue weighted by atomic mass is 79.9. The monoisotopic (exact) mass is 309 g/mol. The van der Waals surface area contributed by atoms with E-state index in [0.717, 1.165) is 22.6 Å². The van der Waals surface area contributed by atoms with Crippen LogP contribution in [0.3, 0.4) is 0 Å². The maximum Gasteiger partial charge on any atom is 0.0551 e. The molecule has 0 aromatic heterocycles. The van der Waals surface area contributed by atoms with Gasteiger partial charge in [-0.05, 0) is 39.2 Å². The Kier molecular flexibility index (Phi) is 4.60. The predicted octanol–water partition coefficient (Wildman–Crippen LogP) is 4.39. The van der Waals surface area contributed by atoms with E-state index in [4.69, 9.17) is 11.6 Å². The van der Waals surface area contributed by atoms with Crippen LogP contribution < -0.4 is 5.32 Å². The number of hydrogen-bond donors (Lipinski definition) is 1. The zero-order chi connectivity index (χ0) is 12.1. The highest BCUT2D eigenvalue weighted by molar-refractivity contribution is 9.10. The molecular weight excluding hydrogens is 298 g/mol. The molecule has 0 radical (unpaired) electrons. The van der Waals surface area contributed by atoms with Crippen LogP contribution in [0, 0.1) is 0 Å². The van der Waals surface area contributed by atoms with Gasteiger partial charge in [0.2, 0.25) is 0 Å². The smallest absolute Gasteiger partial charge is 0.0551 e. The molecule has 0 saturated carbocycles. The highest BCUT2D eigenvalue weighted by Gasteiger charge is 1.99. The fraction of sp³-hybridized carbons (Fsp3) is 0.143. The van der Waals surface area contributed by atoms with Crippen molar-refractivity contribution in [1.82, 2.24) is 5.32 Å². The lowest BCUT2D eigenvalue weighted by Crippen LogP contribution is -2.12. The van der Waals surface area contributed by atoms with E-state index in [1.165, 1.54) is 11.1 Å². The average Bonchev–Trinajstić information content (AvgIpc) is 2.35. The fourth-order valence-corrected chi connectivity index (χ4v) is 2.05. The number of halogens is 2. The molecule has 0 saturated heterocycles. The third-order valence-electron chi connectivity index (χ3n) is 2.49. The first-order valence-electron chi connectivity index (χ1n) is 5.44. The van der Waals surface area contributed by atoms with Gasteiger partial charge in [-0.15, -0.1) is 0 Å². The second kappa shape index (κ2) is 6.20. The SMILES string of the molecule is Clc1cc(CNCc2ccccc2)ccc1Br. The summed E-state index contributed by atoms with van der Waals surface area (Å²) in [5.74, 6) is 0. The molecule has 88 valence electrons. The van der Waals surface area contributed by atoms with Gasteiger partial charge in [0.05, 0.1) is 5.02 Å². The highest BCUT2D eigenvalue weighted by Crippen LogP contribution is 2.23. The van der Waals surface area contributed by atoms with Gasteiger partial charge in [-0.25, -0.2) is 0 Å². The minimum Gasteiger partial charge on any atom is -0.309 e. The second-order valence-electron chi connectivity index (χ2n) is 3.84. The normalized spacial score (nSPS) is 10.5. The van der Waals surface area contributed by atoms with Crippen LogP contribution in [0.25, 0.3) is 0 Å². The van der Waals surface area contributed by atoms with E-state index in [9.17, 15) is 0 Å². The first kappa shape index (κ1) is 12.6. The van der Waals surface area contributed by atoms with E-state index in [1.807, 2.05) is 30.3 Å². The maximum atomic E-state index is 6.04. The number of nitrogens with one attached hydrogen (secondary N) is 1. The molecule has 0 bridgehead atoms. The van der Waals surface area contributed by atoms with Crippen LogP contribution in [0.5, 0.6) is 0 Å². The van der Waals surface area contributed by atoms with E-state index in [2.05, 4.69) is 39.4 Å². The van der Waals surface area contributed by atoms with Gasteiger partial charge in [0.1, 0.15) is 0 Å². The van der Waals surface area contributed by atoms with Crippen LogP contribution in [0.1, 0.15) is 11.1 Å². The molecule has 0 atom stereocenters. The molecule has 17 heavy (non-hydrogen) atoms. The number of benzene rings is 2. The molecular formula is C14H13BrClN. The van der Waals surface area contributed by atoms with E-state index in [1.54, 1.807) is 0 Å². The summed E-state index contributed by atoms with van der Waals surface area (Å²) in [6.07, 6.45) is 0. The Morgan fingerprint density at radius 1 is 0.941 bits per heavy atom. The van der Waals surface area contributed by atoms with Gasteiger partial charge >= 0.3 is 0 Å². The molecule has 0 unspecified atom stereocenters. The van der Waals surface area contributed by atoms with Crippen molar-refractivity contribution in [3.05, 3.63) is 69.2 Å². The quantitative estimate of drug-likeness (QED) is 0.883. The fourth-order valence-electron chi connectivity index (χ4n) is 1.60. The largest absolute Gasteiger partial charge is 0.309 e. The van der Waals surface area contributed by atoms with E-state index >= 15 is 0 Å². The Labute approximate surface area is 115 Å². The van der Waals surface area contributed by atoms with Gasteiger partial charge < -0.3 is 5.32 Å². The summed E-state index contributed by atoms with van der Waals surface area (Å²) in [4.78, 5) is 0. The first-order chi connectivity index (χ1) is 8.25. The lowest BCUT2D eigenvalue weighted by molar-refractivity contribution is 0.693. The summed E-state index contributed by atoms with van der Waals surface area (Å²) in [7, 11) is 0. The van der Waals surface area contributed by atoms with Gasteiger partial charge in [-0.2, -0.15) is 0 Å². The average molecular weight is 311 g/mol. The lowest BCUT2D eigenvalue weighted by atomic mass is 10.2. The molecule has 2 aromatic rings. The Morgan fingerprint density at radius 3 is 2.35 bits per heavy atom. The first-order valence-corrected chi connectivity index (χ1v) is 6.61. The van der Waals surface area contributed by atoms with Crippen molar-refractivity contribution in [1.29, 1.82) is 0 Å². The van der Waals surface area contributed by atoms with E-state index in [-0.39, 0.29) is 0 Å². The number of hydrogen-bond acceptors (Lipinski definition) is 1. The molecule has 0 aliphatic heterocycles. The molecule has 0 heterocycles. The van der Waals surface area contributed by atoms with Gasteiger partial charge in [-0.1, -0.05) is 48.0 Å². The van der Waals surface area contributed by atoms with Crippen LogP contribution in [0.15, 0.2) is 53.0 Å². The van der Waals surface area contributed by atoms with Gasteiger partial charge in [0.15, 0.2) is 0 Å². The minimum atomic E-state index is 0.754. The molecule has 3 heteroatoms. The molecule has 0 amide bonds. The van der Waals surface area contributed by atoms with Crippen molar-refractivity contribution < 1.29 is 0 Å². The Hall–Kier alpha value is -0.830. The number of rotatable bonds is 4. The molecule has 0 aliphatic carbocycles. The summed E-state index contributed by atoms with van der Waals surface area (Å²) in [6.45, 7) is 1.69. The van der Waals surface area contributed by atoms with Crippen molar-refractivity contribution in [3.8, 4) is 0 Å². The van der Waals surface area contributed by atoms with Crippen LogP contribution in [0.4, 0.5) is 0 Å². The van der Waals surface area contributed by atoms with Crippen LogP contribution >= 0.6 is 27.5 Å². The van der Waals surface area contributed by atoms with Crippen molar-refractivity contribution in [2.75, 3.05) is 0 Å². The van der Waals surface area contributed by atoms with Gasteiger partial charge in [0, 0.05) is 17.6 Å². The third kappa shape index (κ3) is 3.84. The Balaban J connectivity index is 1.88. The predicted molar refractivity (Wildman–Crippen MR) is 76.1 cm³/mol. The van der Waals surface area contributed by atoms with E-state index < -0.39 is 0 Å². The van der Waals surface area contributed by atoms with Crippen molar-refractivity contribution >= 4 is 27.5 Å². The summed E-state index contributed by atoms with van der Waals surface area (Å²) in [6, 6.07) is 16.4. The molecule has 0 spiro atoms. The third-order valence-corrected chi connectivity index (χ3v) is 3.72. The molecule has 1 N–H and O–H groups in total.